The van der Waals surface area contributed by atoms with Gasteiger partial charge < -0.3 is 20.4 Å². The summed E-state index contributed by atoms with van der Waals surface area (Å²) >= 11 is 0. The summed E-state index contributed by atoms with van der Waals surface area (Å²) in [7, 11) is 1.54. The molecule has 0 bridgehead atoms. The van der Waals surface area contributed by atoms with Crippen molar-refractivity contribution in [2.45, 2.75) is 19.9 Å². The van der Waals surface area contributed by atoms with E-state index in [0.29, 0.717) is 17.1 Å². The van der Waals surface area contributed by atoms with Crippen LogP contribution in [-0.2, 0) is 17.8 Å². The molecule has 3 N–H and O–H groups in total. The fourth-order valence-electron chi connectivity index (χ4n) is 1.95. The lowest BCUT2D eigenvalue weighted by Gasteiger charge is -2.11. The van der Waals surface area contributed by atoms with Crippen molar-refractivity contribution in [2.24, 2.45) is 0 Å². The van der Waals surface area contributed by atoms with Crippen LogP contribution in [0.1, 0.15) is 12.7 Å². The molecule has 106 valence electrons. The predicted molar refractivity (Wildman–Crippen MR) is 77.6 cm³/mol. The molecule has 0 fully saturated rings. The van der Waals surface area contributed by atoms with Gasteiger partial charge in [-0.15, -0.1) is 0 Å². The van der Waals surface area contributed by atoms with Gasteiger partial charge >= 0.3 is 0 Å². The molecule has 6 heteroatoms. The summed E-state index contributed by atoms with van der Waals surface area (Å²) in [6.45, 7) is 2.22. The molecule has 6 nitrogen and oxygen atoms in total. The third-order valence-electron chi connectivity index (χ3n) is 2.93. The number of imidazole rings is 1. The van der Waals surface area contributed by atoms with Crippen molar-refractivity contribution in [3.63, 3.8) is 0 Å². The SMILES string of the molecule is CCc1nccn1CC(=O)Nc1ccc(N)cc1OC. The van der Waals surface area contributed by atoms with E-state index in [1.807, 2.05) is 11.5 Å². The third kappa shape index (κ3) is 3.09. The Bertz CT molecular complexity index is 607. The van der Waals surface area contributed by atoms with Crippen molar-refractivity contribution >= 4 is 17.3 Å². The van der Waals surface area contributed by atoms with Crippen LogP contribution in [0.5, 0.6) is 5.75 Å². The van der Waals surface area contributed by atoms with Gasteiger partial charge in [-0.1, -0.05) is 6.92 Å². The highest BCUT2D eigenvalue weighted by atomic mass is 16.5. The summed E-state index contributed by atoms with van der Waals surface area (Å²) < 4.78 is 7.01. The number of ether oxygens (including phenoxy) is 1. The number of nitrogens with one attached hydrogen (secondary N) is 1. The van der Waals surface area contributed by atoms with Crippen LogP contribution in [0.4, 0.5) is 11.4 Å². The molecule has 0 unspecified atom stereocenters. The zero-order chi connectivity index (χ0) is 14.5. The van der Waals surface area contributed by atoms with Gasteiger partial charge in [0.15, 0.2) is 0 Å². The standard InChI is InChI=1S/C14H18N4O2/c1-3-13-16-6-7-18(13)9-14(19)17-11-5-4-10(15)8-12(11)20-2/h4-8H,3,9,15H2,1-2H3,(H,17,19). The van der Waals surface area contributed by atoms with Crippen molar-refractivity contribution in [1.82, 2.24) is 9.55 Å². The zero-order valence-electron chi connectivity index (χ0n) is 11.6. The Morgan fingerprint density at radius 2 is 2.30 bits per heavy atom. The van der Waals surface area contributed by atoms with Crippen molar-refractivity contribution < 1.29 is 9.53 Å². The van der Waals surface area contributed by atoms with E-state index in [0.717, 1.165) is 12.2 Å². The minimum atomic E-state index is -0.138. The number of aromatic nitrogens is 2. The molecule has 0 aliphatic rings. The molecule has 2 aromatic rings. The molecular formula is C14H18N4O2. The fourth-order valence-corrected chi connectivity index (χ4v) is 1.95. The maximum atomic E-state index is 12.1. The van der Waals surface area contributed by atoms with E-state index in [9.17, 15) is 4.79 Å². The van der Waals surface area contributed by atoms with Gasteiger partial charge in [0.1, 0.15) is 18.1 Å². The van der Waals surface area contributed by atoms with Crippen LogP contribution >= 0.6 is 0 Å². The smallest absolute Gasteiger partial charge is 0.244 e. The molecule has 1 aromatic carbocycles. The van der Waals surface area contributed by atoms with Crippen molar-refractivity contribution in [2.75, 3.05) is 18.2 Å². The Hall–Kier alpha value is -2.50. The largest absolute Gasteiger partial charge is 0.494 e. The van der Waals surface area contributed by atoms with Gasteiger partial charge in [-0.3, -0.25) is 4.79 Å². The minimum Gasteiger partial charge on any atom is -0.494 e. The average Bonchev–Trinajstić information content (AvgIpc) is 2.87. The summed E-state index contributed by atoms with van der Waals surface area (Å²) in [4.78, 5) is 16.2. The molecule has 0 spiro atoms. The number of hydrogen-bond acceptors (Lipinski definition) is 4. The van der Waals surface area contributed by atoms with Crippen molar-refractivity contribution in [3.05, 3.63) is 36.4 Å². The summed E-state index contributed by atoms with van der Waals surface area (Å²) in [5.74, 6) is 1.28. The Balaban J connectivity index is 2.08. The Kier molecular flexibility index (Phi) is 4.24. The molecular weight excluding hydrogens is 256 g/mol. The first-order chi connectivity index (χ1) is 9.63. The van der Waals surface area contributed by atoms with E-state index in [2.05, 4.69) is 10.3 Å². The molecule has 2 rings (SSSR count). The maximum absolute atomic E-state index is 12.1. The predicted octanol–water partition coefficient (Wildman–Crippen LogP) is 1.67. The van der Waals surface area contributed by atoms with Crippen LogP contribution in [0.3, 0.4) is 0 Å². The fraction of sp³-hybridized carbons (Fsp3) is 0.286. The van der Waals surface area contributed by atoms with Crippen LogP contribution in [0.25, 0.3) is 0 Å². The number of benzene rings is 1. The first kappa shape index (κ1) is 13.9. The van der Waals surface area contributed by atoms with Crippen LogP contribution in [0.2, 0.25) is 0 Å². The van der Waals surface area contributed by atoms with Gasteiger partial charge in [-0.05, 0) is 12.1 Å². The Labute approximate surface area is 117 Å². The van der Waals surface area contributed by atoms with Gasteiger partial charge in [0.2, 0.25) is 5.91 Å². The first-order valence-electron chi connectivity index (χ1n) is 6.37. The number of carbonyl (C=O) groups is 1. The number of nitrogens with two attached hydrogens (primary N) is 1. The van der Waals surface area contributed by atoms with Gasteiger partial charge in [0.25, 0.3) is 0 Å². The topological polar surface area (TPSA) is 82.2 Å². The van der Waals surface area contributed by atoms with E-state index in [1.54, 1.807) is 30.6 Å². The first-order valence-corrected chi connectivity index (χ1v) is 6.37. The van der Waals surface area contributed by atoms with Crippen LogP contribution in [0, 0.1) is 0 Å². The van der Waals surface area contributed by atoms with Gasteiger partial charge in [0, 0.05) is 30.6 Å². The lowest BCUT2D eigenvalue weighted by molar-refractivity contribution is -0.116. The lowest BCUT2D eigenvalue weighted by Crippen LogP contribution is -2.20. The summed E-state index contributed by atoms with van der Waals surface area (Å²) in [5, 5.41) is 2.81. The molecule has 1 heterocycles. The van der Waals surface area contributed by atoms with Crippen LogP contribution in [0.15, 0.2) is 30.6 Å². The number of anilines is 2. The zero-order valence-corrected chi connectivity index (χ0v) is 11.6. The molecule has 20 heavy (non-hydrogen) atoms. The van der Waals surface area contributed by atoms with E-state index in [-0.39, 0.29) is 12.5 Å². The van der Waals surface area contributed by atoms with Crippen molar-refractivity contribution in [3.8, 4) is 5.75 Å². The van der Waals surface area contributed by atoms with E-state index < -0.39 is 0 Å². The average molecular weight is 274 g/mol. The highest BCUT2D eigenvalue weighted by Crippen LogP contribution is 2.26. The molecule has 0 saturated heterocycles. The van der Waals surface area contributed by atoms with E-state index in [1.165, 1.54) is 7.11 Å². The number of nitrogens with zero attached hydrogens (tertiary/aromatic N) is 2. The Morgan fingerprint density at radius 3 is 3.00 bits per heavy atom. The number of hydrogen-bond donors (Lipinski definition) is 2. The van der Waals surface area contributed by atoms with E-state index >= 15 is 0 Å². The van der Waals surface area contributed by atoms with Crippen LogP contribution in [-0.4, -0.2) is 22.6 Å². The highest BCUT2D eigenvalue weighted by molar-refractivity contribution is 5.92. The Morgan fingerprint density at radius 1 is 1.50 bits per heavy atom. The summed E-state index contributed by atoms with van der Waals surface area (Å²) in [5.41, 5.74) is 6.86. The normalized spacial score (nSPS) is 10.3. The number of amides is 1. The number of nitrogen functional groups attached to an aromatic ring is 1. The second kappa shape index (κ2) is 6.10. The van der Waals surface area contributed by atoms with E-state index in [4.69, 9.17) is 10.5 Å². The summed E-state index contributed by atoms with van der Waals surface area (Å²) in [6.07, 6.45) is 4.26. The maximum Gasteiger partial charge on any atom is 0.244 e. The number of methoxy groups -OCH3 is 1. The van der Waals surface area contributed by atoms with Crippen LogP contribution < -0.4 is 15.8 Å². The monoisotopic (exact) mass is 274 g/mol. The number of rotatable bonds is 5. The molecule has 1 amide bonds. The number of carbonyl (C=O) groups excluding carboxylic acids is 1. The molecule has 0 atom stereocenters. The van der Waals surface area contributed by atoms with Crippen molar-refractivity contribution in [1.29, 1.82) is 0 Å². The summed E-state index contributed by atoms with van der Waals surface area (Å²) in [6, 6.07) is 5.11. The second-order valence-corrected chi connectivity index (χ2v) is 4.33. The lowest BCUT2D eigenvalue weighted by atomic mass is 10.2. The van der Waals surface area contributed by atoms with Gasteiger partial charge in [0.05, 0.1) is 12.8 Å². The molecule has 0 aliphatic heterocycles. The number of aryl methyl sites for hydroxylation is 1. The van der Waals surface area contributed by atoms with Gasteiger partial charge in [-0.25, -0.2) is 4.98 Å². The quantitative estimate of drug-likeness (QED) is 0.813. The molecule has 0 radical (unpaired) electrons. The highest BCUT2D eigenvalue weighted by Gasteiger charge is 2.10. The minimum absolute atomic E-state index is 0.138. The molecule has 0 aliphatic carbocycles. The molecule has 1 aromatic heterocycles. The van der Waals surface area contributed by atoms with Gasteiger partial charge in [-0.2, -0.15) is 0 Å². The second-order valence-electron chi connectivity index (χ2n) is 4.33. The molecule has 0 saturated carbocycles. The third-order valence-corrected chi connectivity index (χ3v) is 2.93.